The molecular formula is C10H15Cl2NO2. The van der Waals surface area contributed by atoms with Gasteiger partial charge in [-0.1, -0.05) is 11.6 Å². The van der Waals surface area contributed by atoms with Crippen molar-refractivity contribution in [2.75, 3.05) is 13.7 Å². The maximum absolute atomic E-state index is 6.01. The summed E-state index contributed by atoms with van der Waals surface area (Å²) >= 11 is 6.01. The van der Waals surface area contributed by atoms with E-state index < -0.39 is 0 Å². The van der Waals surface area contributed by atoms with Crippen molar-refractivity contribution < 1.29 is 9.47 Å². The molecule has 15 heavy (non-hydrogen) atoms. The highest BCUT2D eigenvalue weighted by atomic mass is 35.5. The molecular weight excluding hydrogens is 237 g/mol. The van der Waals surface area contributed by atoms with Gasteiger partial charge in [-0.3, -0.25) is 0 Å². The number of rotatable bonds is 4. The minimum absolute atomic E-state index is 0. The lowest BCUT2D eigenvalue weighted by Gasteiger charge is -2.12. The van der Waals surface area contributed by atoms with Gasteiger partial charge in [0, 0.05) is 6.54 Å². The molecule has 0 unspecified atom stereocenters. The highest BCUT2D eigenvalue weighted by Gasteiger charge is 2.10. The largest absolute Gasteiger partial charge is 0.493 e. The van der Waals surface area contributed by atoms with E-state index in [1.165, 1.54) is 0 Å². The molecule has 1 rings (SSSR count). The molecule has 1 aromatic rings. The molecule has 0 aliphatic rings. The Morgan fingerprint density at radius 2 is 2.07 bits per heavy atom. The van der Waals surface area contributed by atoms with Crippen molar-refractivity contribution in [2.45, 2.75) is 13.5 Å². The molecule has 0 aliphatic heterocycles. The lowest BCUT2D eigenvalue weighted by molar-refractivity contribution is 0.311. The molecule has 3 nitrogen and oxygen atoms in total. The van der Waals surface area contributed by atoms with Gasteiger partial charge < -0.3 is 15.2 Å². The lowest BCUT2D eigenvalue weighted by Crippen LogP contribution is -2.00. The van der Waals surface area contributed by atoms with E-state index in [4.69, 9.17) is 26.8 Å². The number of halogens is 2. The van der Waals surface area contributed by atoms with Crippen molar-refractivity contribution in [3.63, 3.8) is 0 Å². The van der Waals surface area contributed by atoms with Gasteiger partial charge in [-0.2, -0.15) is 0 Å². The Labute approximate surface area is 101 Å². The molecule has 0 radical (unpaired) electrons. The van der Waals surface area contributed by atoms with Crippen LogP contribution in [-0.2, 0) is 6.54 Å². The van der Waals surface area contributed by atoms with Crippen LogP contribution in [0.1, 0.15) is 12.5 Å². The van der Waals surface area contributed by atoms with Crippen LogP contribution in [-0.4, -0.2) is 13.7 Å². The summed E-state index contributed by atoms with van der Waals surface area (Å²) < 4.78 is 10.5. The van der Waals surface area contributed by atoms with E-state index in [0.29, 0.717) is 29.7 Å². The average Bonchev–Trinajstić information content (AvgIpc) is 2.20. The van der Waals surface area contributed by atoms with Gasteiger partial charge in [-0.25, -0.2) is 0 Å². The normalized spacial score (nSPS) is 9.33. The summed E-state index contributed by atoms with van der Waals surface area (Å²) in [5.41, 5.74) is 6.44. The van der Waals surface area contributed by atoms with Crippen molar-refractivity contribution in [1.82, 2.24) is 0 Å². The average molecular weight is 252 g/mol. The summed E-state index contributed by atoms with van der Waals surface area (Å²) in [4.78, 5) is 0. The molecule has 0 atom stereocenters. The maximum atomic E-state index is 6.01. The van der Waals surface area contributed by atoms with E-state index in [0.717, 1.165) is 5.56 Å². The standard InChI is InChI=1S/C10H14ClNO2.ClH/c1-3-14-10-8(11)4-7(6-12)5-9(10)13-2;/h4-5H,3,6,12H2,1-2H3;1H. The maximum Gasteiger partial charge on any atom is 0.179 e. The zero-order chi connectivity index (χ0) is 10.6. The van der Waals surface area contributed by atoms with Gasteiger partial charge in [-0.05, 0) is 24.6 Å². The van der Waals surface area contributed by atoms with Gasteiger partial charge in [0.1, 0.15) is 0 Å². The second kappa shape index (κ2) is 6.77. The van der Waals surface area contributed by atoms with Crippen molar-refractivity contribution in [1.29, 1.82) is 0 Å². The van der Waals surface area contributed by atoms with Crippen molar-refractivity contribution in [3.8, 4) is 11.5 Å². The summed E-state index contributed by atoms with van der Waals surface area (Å²) in [5, 5.41) is 0.534. The first-order valence-electron chi connectivity index (χ1n) is 4.42. The molecule has 1 aromatic carbocycles. The summed E-state index contributed by atoms with van der Waals surface area (Å²) in [5.74, 6) is 1.20. The second-order valence-corrected chi connectivity index (χ2v) is 3.15. The molecule has 0 amide bonds. The third-order valence-corrected chi connectivity index (χ3v) is 2.09. The molecule has 5 heteroatoms. The fourth-order valence-corrected chi connectivity index (χ4v) is 1.46. The Morgan fingerprint density at radius 1 is 1.40 bits per heavy atom. The Bertz CT molecular complexity index is 319. The van der Waals surface area contributed by atoms with E-state index in [1.807, 2.05) is 13.0 Å². The van der Waals surface area contributed by atoms with E-state index in [2.05, 4.69) is 0 Å². The van der Waals surface area contributed by atoms with Crippen LogP contribution in [0.15, 0.2) is 12.1 Å². The quantitative estimate of drug-likeness (QED) is 0.895. The first-order chi connectivity index (χ1) is 6.72. The van der Waals surface area contributed by atoms with Gasteiger partial charge >= 0.3 is 0 Å². The number of hydrogen-bond acceptors (Lipinski definition) is 3. The molecule has 0 heterocycles. The SMILES string of the molecule is CCOc1c(Cl)cc(CN)cc1OC.Cl. The van der Waals surface area contributed by atoms with Crippen molar-refractivity contribution in [3.05, 3.63) is 22.7 Å². The fraction of sp³-hybridized carbons (Fsp3) is 0.400. The van der Waals surface area contributed by atoms with Crippen molar-refractivity contribution >= 4 is 24.0 Å². The topological polar surface area (TPSA) is 44.5 Å². The smallest absolute Gasteiger partial charge is 0.179 e. The van der Waals surface area contributed by atoms with Crippen molar-refractivity contribution in [2.24, 2.45) is 5.73 Å². The molecule has 0 aromatic heterocycles. The van der Waals surface area contributed by atoms with Crippen LogP contribution in [0.3, 0.4) is 0 Å². The molecule has 0 spiro atoms. The highest BCUT2D eigenvalue weighted by Crippen LogP contribution is 2.36. The second-order valence-electron chi connectivity index (χ2n) is 2.75. The molecule has 0 aliphatic carbocycles. The monoisotopic (exact) mass is 251 g/mol. The van der Waals surface area contributed by atoms with Crippen LogP contribution >= 0.6 is 24.0 Å². The van der Waals surface area contributed by atoms with Gasteiger partial charge in [-0.15, -0.1) is 12.4 Å². The minimum atomic E-state index is 0. The molecule has 0 saturated heterocycles. The Hall–Kier alpha value is -0.640. The van der Waals surface area contributed by atoms with Gasteiger partial charge in [0.15, 0.2) is 11.5 Å². The van der Waals surface area contributed by atoms with E-state index in [-0.39, 0.29) is 12.4 Å². The summed E-state index contributed by atoms with van der Waals surface area (Å²) in [6.45, 7) is 2.88. The number of ether oxygens (including phenoxy) is 2. The van der Waals surface area contributed by atoms with Gasteiger partial charge in [0.2, 0.25) is 0 Å². The van der Waals surface area contributed by atoms with Crippen LogP contribution in [0.4, 0.5) is 0 Å². The first-order valence-corrected chi connectivity index (χ1v) is 4.80. The Kier molecular flexibility index (Phi) is 6.48. The van der Waals surface area contributed by atoms with Gasteiger partial charge in [0.05, 0.1) is 18.7 Å². The van der Waals surface area contributed by atoms with Crippen LogP contribution in [0, 0.1) is 0 Å². The molecule has 2 N–H and O–H groups in total. The van der Waals surface area contributed by atoms with Crippen LogP contribution in [0.5, 0.6) is 11.5 Å². The predicted molar refractivity (Wildman–Crippen MR) is 64.3 cm³/mol. The highest BCUT2D eigenvalue weighted by molar-refractivity contribution is 6.32. The van der Waals surface area contributed by atoms with Crippen LogP contribution < -0.4 is 15.2 Å². The Morgan fingerprint density at radius 3 is 2.53 bits per heavy atom. The molecule has 0 fully saturated rings. The van der Waals surface area contributed by atoms with E-state index >= 15 is 0 Å². The fourth-order valence-electron chi connectivity index (χ4n) is 1.18. The predicted octanol–water partition coefficient (Wildman–Crippen LogP) is 2.63. The third kappa shape index (κ3) is 3.45. The minimum Gasteiger partial charge on any atom is -0.493 e. The summed E-state index contributed by atoms with van der Waals surface area (Å²) in [6.07, 6.45) is 0. The Balaban J connectivity index is 0.00000196. The first kappa shape index (κ1) is 14.4. The molecule has 0 saturated carbocycles. The third-order valence-electron chi connectivity index (χ3n) is 1.81. The van der Waals surface area contributed by atoms with Crippen LogP contribution in [0.25, 0.3) is 0 Å². The summed E-state index contributed by atoms with van der Waals surface area (Å²) in [6, 6.07) is 3.62. The number of benzene rings is 1. The van der Waals surface area contributed by atoms with E-state index in [1.54, 1.807) is 13.2 Å². The van der Waals surface area contributed by atoms with E-state index in [9.17, 15) is 0 Å². The lowest BCUT2D eigenvalue weighted by atomic mass is 10.2. The van der Waals surface area contributed by atoms with Gasteiger partial charge in [0.25, 0.3) is 0 Å². The number of methoxy groups -OCH3 is 1. The molecule has 0 bridgehead atoms. The number of nitrogens with two attached hydrogens (primary N) is 1. The zero-order valence-corrected chi connectivity index (χ0v) is 10.3. The summed E-state index contributed by atoms with van der Waals surface area (Å²) in [7, 11) is 1.58. The van der Waals surface area contributed by atoms with Crippen LogP contribution in [0.2, 0.25) is 5.02 Å². The number of hydrogen-bond donors (Lipinski definition) is 1. The zero-order valence-electron chi connectivity index (χ0n) is 8.75. The molecule has 86 valence electrons.